The lowest BCUT2D eigenvalue weighted by molar-refractivity contribution is 0.275. The lowest BCUT2D eigenvalue weighted by atomic mass is 9.88. The molecule has 0 amide bonds. The summed E-state index contributed by atoms with van der Waals surface area (Å²) in [7, 11) is 0. The minimum atomic E-state index is -0.172. The topological polar surface area (TPSA) is 75.3 Å². The molecule has 1 aliphatic carbocycles. The normalized spacial score (nSPS) is 19.4. The molecule has 1 aromatic heterocycles. The van der Waals surface area contributed by atoms with Crippen molar-refractivity contribution in [2.24, 2.45) is 11.7 Å². The maximum atomic E-state index is 9.92. The Morgan fingerprint density at radius 2 is 1.93 bits per heavy atom. The van der Waals surface area contributed by atoms with Crippen LogP contribution in [-0.2, 0) is 6.61 Å². The number of anilines is 1. The zero-order chi connectivity index (χ0) is 19.2. The quantitative estimate of drug-likeness (QED) is 0.803. The molecule has 144 valence electrons. The molecule has 0 atom stereocenters. The number of aromatic nitrogens is 2. The summed E-state index contributed by atoms with van der Waals surface area (Å²) in [5.74, 6) is 1.35. The van der Waals surface area contributed by atoms with E-state index in [9.17, 15) is 5.11 Å². The van der Waals surface area contributed by atoms with Gasteiger partial charge in [-0.2, -0.15) is 0 Å². The molecule has 1 aliphatic heterocycles. The number of benzene rings is 1. The Morgan fingerprint density at radius 3 is 2.56 bits per heavy atom. The lowest BCUT2D eigenvalue weighted by Gasteiger charge is -2.36. The van der Waals surface area contributed by atoms with E-state index in [0.717, 1.165) is 55.8 Å². The first-order valence-electron chi connectivity index (χ1n) is 9.39. The van der Waals surface area contributed by atoms with Gasteiger partial charge >= 0.3 is 0 Å². The van der Waals surface area contributed by atoms with E-state index >= 15 is 0 Å². The minimum absolute atomic E-state index is 0.0701. The Morgan fingerprint density at radius 1 is 1.22 bits per heavy atom. The Balaban J connectivity index is 1.63. The number of nitrogens with zero attached hydrogens (tertiary/aromatic N) is 3. The smallest absolute Gasteiger partial charge is 0.153 e. The number of hydrogen-bond acceptors (Lipinski definition) is 5. The predicted octanol–water partition coefficient (Wildman–Crippen LogP) is 3.96. The molecule has 2 heterocycles. The maximum absolute atomic E-state index is 9.92. The van der Waals surface area contributed by atoms with Crippen LogP contribution in [-0.4, -0.2) is 33.7 Å². The number of nitrogens with two attached hydrogens (primary N) is 1. The molecule has 1 saturated carbocycles. The summed E-state index contributed by atoms with van der Waals surface area (Å²) in [5.41, 5.74) is 9.18. The van der Waals surface area contributed by atoms with E-state index in [0.29, 0.717) is 27.4 Å². The molecule has 7 heteroatoms. The summed E-state index contributed by atoms with van der Waals surface area (Å²) in [4.78, 5) is 11.7. The highest BCUT2D eigenvalue weighted by atomic mass is 35.5. The fourth-order valence-corrected chi connectivity index (χ4v) is 4.45. The highest BCUT2D eigenvalue weighted by molar-refractivity contribution is 6.43. The van der Waals surface area contributed by atoms with Crippen molar-refractivity contribution in [3.63, 3.8) is 0 Å². The molecule has 3 N–H and O–H groups in total. The molecule has 1 saturated heterocycles. The summed E-state index contributed by atoms with van der Waals surface area (Å²) in [6, 6.07) is 5.45. The van der Waals surface area contributed by atoms with Gasteiger partial charge in [0.2, 0.25) is 0 Å². The number of aryl methyl sites for hydroxylation is 1. The van der Waals surface area contributed by atoms with Crippen LogP contribution in [0.25, 0.3) is 11.3 Å². The SMILES string of the molecule is Cc1nc(N2CCC(C3(N)CC3)CC2)c(CO)nc1-c1cccc(Cl)c1Cl. The minimum Gasteiger partial charge on any atom is -0.390 e. The number of piperidine rings is 1. The van der Waals surface area contributed by atoms with Crippen LogP contribution in [0.3, 0.4) is 0 Å². The van der Waals surface area contributed by atoms with Crippen molar-refractivity contribution in [3.05, 3.63) is 39.6 Å². The second-order valence-electron chi connectivity index (χ2n) is 7.68. The Hall–Kier alpha value is -1.40. The summed E-state index contributed by atoms with van der Waals surface area (Å²) in [5, 5.41) is 10.8. The van der Waals surface area contributed by atoms with Crippen molar-refractivity contribution < 1.29 is 5.11 Å². The third-order valence-corrected chi connectivity index (χ3v) is 6.73. The zero-order valence-corrected chi connectivity index (χ0v) is 16.9. The van der Waals surface area contributed by atoms with Gasteiger partial charge in [-0.25, -0.2) is 9.97 Å². The van der Waals surface area contributed by atoms with Crippen LogP contribution in [0.15, 0.2) is 18.2 Å². The van der Waals surface area contributed by atoms with Crippen molar-refractivity contribution >= 4 is 29.0 Å². The largest absolute Gasteiger partial charge is 0.390 e. The number of aliphatic hydroxyl groups excluding tert-OH is 1. The Kier molecular flexibility index (Phi) is 5.06. The summed E-state index contributed by atoms with van der Waals surface area (Å²) >= 11 is 12.5. The third-order valence-electron chi connectivity index (χ3n) is 5.91. The van der Waals surface area contributed by atoms with E-state index in [1.54, 1.807) is 6.07 Å². The van der Waals surface area contributed by atoms with Crippen LogP contribution in [0.2, 0.25) is 10.0 Å². The third kappa shape index (κ3) is 3.54. The molecule has 0 radical (unpaired) electrons. The molecule has 2 fully saturated rings. The summed E-state index contributed by atoms with van der Waals surface area (Å²) in [6.45, 7) is 3.52. The first-order chi connectivity index (χ1) is 12.9. The van der Waals surface area contributed by atoms with E-state index in [1.807, 2.05) is 19.1 Å². The number of aliphatic hydroxyl groups is 1. The van der Waals surface area contributed by atoms with Gasteiger partial charge in [-0.3, -0.25) is 0 Å². The molecular formula is C20H24Cl2N4O. The van der Waals surface area contributed by atoms with Gasteiger partial charge in [0.1, 0.15) is 5.69 Å². The molecule has 1 aromatic carbocycles. The van der Waals surface area contributed by atoms with Gasteiger partial charge in [0.25, 0.3) is 0 Å². The average molecular weight is 407 g/mol. The Labute approximate surface area is 169 Å². The molecule has 0 spiro atoms. The highest BCUT2D eigenvalue weighted by Crippen LogP contribution is 2.44. The summed E-state index contributed by atoms with van der Waals surface area (Å²) in [6.07, 6.45) is 4.41. The van der Waals surface area contributed by atoms with Crippen molar-refractivity contribution in [2.45, 2.75) is 44.8 Å². The molecule has 0 bridgehead atoms. The van der Waals surface area contributed by atoms with Gasteiger partial charge in [-0.05, 0) is 44.6 Å². The fourth-order valence-electron chi connectivity index (χ4n) is 4.06. The second-order valence-corrected chi connectivity index (χ2v) is 8.47. The maximum Gasteiger partial charge on any atom is 0.153 e. The van der Waals surface area contributed by atoms with Gasteiger partial charge in [0.05, 0.1) is 28.0 Å². The molecule has 4 rings (SSSR count). The van der Waals surface area contributed by atoms with Crippen molar-refractivity contribution in [3.8, 4) is 11.3 Å². The molecule has 0 unspecified atom stereocenters. The standard InChI is InChI=1S/C20H24Cl2N4O/c1-12-18(14-3-2-4-15(21)17(14)22)25-16(11-27)19(24-12)26-9-5-13(6-10-26)20(23)7-8-20/h2-4,13,27H,5-11,23H2,1H3. The highest BCUT2D eigenvalue weighted by Gasteiger charge is 2.46. The number of halogens is 2. The van der Waals surface area contributed by atoms with Crippen LogP contribution < -0.4 is 10.6 Å². The molecule has 5 nitrogen and oxygen atoms in total. The zero-order valence-electron chi connectivity index (χ0n) is 15.4. The number of hydrogen-bond donors (Lipinski definition) is 2. The van der Waals surface area contributed by atoms with Gasteiger partial charge in [-0.1, -0.05) is 35.3 Å². The van der Waals surface area contributed by atoms with Crippen LogP contribution in [0.5, 0.6) is 0 Å². The lowest BCUT2D eigenvalue weighted by Crippen LogP contribution is -2.43. The first kappa shape index (κ1) is 18.9. The predicted molar refractivity (Wildman–Crippen MR) is 109 cm³/mol. The van der Waals surface area contributed by atoms with E-state index in [4.69, 9.17) is 38.9 Å². The van der Waals surface area contributed by atoms with E-state index in [-0.39, 0.29) is 12.1 Å². The summed E-state index contributed by atoms with van der Waals surface area (Å²) < 4.78 is 0. The van der Waals surface area contributed by atoms with Crippen LogP contribution in [0.4, 0.5) is 5.82 Å². The molecule has 2 aliphatic rings. The Bertz CT molecular complexity index is 861. The van der Waals surface area contributed by atoms with Crippen LogP contribution in [0.1, 0.15) is 37.1 Å². The molecular weight excluding hydrogens is 383 g/mol. The van der Waals surface area contributed by atoms with E-state index in [2.05, 4.69) is 4.90 Å². The van der Waals surface area contributed by atoms with E-state index < -0.39 is 0 Å². The molecule has 2 aromatic rings. The second kappa shape index (κ2) is 7.21. The average Bonchev–Trinajstić information content (AvgIpc) is 3.43. The van der Waals surface area contributed by atoms with Gasteiger partial charge in [0.15, 0.2) is 5.82 Å². The fraction of sp³-hybridized carbons (Fsp3) is 0.500. The van der Waals surface area contributed by atoms with Gasteiger partial charge < -0.3 is 15.7 Å². The monoisotopic (exact) mass is 406 g/mol. The number of rotatable bonds is 4. The van der Waals surface area contributed by atoms with Crippen molar-refractivity contribution in [1.82, 2.24) is 9.97 Å². The van der Waals surface area contributed by atoms with Gasteiger partial charge in [0, 0.05) is 24.2 Å². The van der Waals surface area contributed by atoms with Gasteiger partial charge in [-0.15, -0.1) is 0 Å². The first-order valence-corrected chi connectivity index (χ1v) is 10.1. The van der Waals surface area contributed by atoms with Crippen LogP contribution >= 0.6 is 23.2 Å². The molecule has 27 heavy (non-hydrogen) atoms. The van der Waals surface area contributed by atoms with Crippen LogP contribution in [0, 0.1) is 12.8 Å². The van der Waals surface area contributed by atoms with E-state index in [1.165, 1.54) is 0 Å². The van der Waals surface area contributed by atoms with Crippen molar-refractivity contribution in [1.29, 1.82) is 0 Å². The van der Waals surface area contributed by atoms with Crippen molar-refractivity contribution in [2.75, 3.05) is 18.0 Å².